The summed E-state index contributed by atoms with van der Waals surface area (Å²) in [7, 11) is 3.10. The first kappa shape index (κ1) is 20.1. The third-order valence-corrected chi connectivity index (χ3v) is 5.13. The molecule has 0 saturated carbocycles. The molecule has 1 N–H and O–H groups in total. The smallest absolute Gasteiger partial charge is 0.257 e. The van der Waals surface area contributed by atoms with E-state index in [-0.39, 0.29) is 5.91 Å². The Kier molecular flexibility index (Phi) is 6.84. The molecule has 28 heavy (non-hydrogen) atoms. The van der Waals surface area contributed by atoms with E-state index >= 15 is 0 Å². The van der Waals surface area contributed by atoms with Crippen molar-refractivity contribution in [2.24, 2.45) is 0 Å². The van der Waals surface area contributed by atoms with E-state index in [1.165, 1.54) is 5.56 Å². The molecule has 0 radical (unpaired) electrons. The highest BCUT2D eigenvalue weighted by Gasteiger charge is 2.21. The van der Waals surface area contributed by atoms with Gasteiger partial charge in [-0.1, -0.05) is 30.3 Å². The summed E-state index contributed by atoms with van der Waals surface area (Å²) in [5, 5.41) is 3.28. The van der Waals surface area contributed by atoms with Gasteiger partial charge in [-0.25, -0.2) is 0 Å². The third-order valence-electron chi connectivity index (χ3n) is 4.77. The summed E-state index contributed by atoms with van der Waals surface area (Å²) in [6, 6.07) is 15.5. The van der Waals surface area contributed by atoms with Gasteiger partial charge < -0.3 is 14.4 Å². The van der Waals surface area contributed by atoms with Crippen LogP contribution in [0.15, 0.2) is 48.5 Å². The van der Waals surface area contributed by atoms with Gasteiger partial charge in [-0.05, 0) is 36.0 Å². The molecule has 0 bridgehead atoms. The quantitative estimate of drug-likeness (QED) is 0.780. The van der Waals surface area contributed by atoms with Crippen LogP contribution in [0.1, 0.15) is 15.9 Å². The van der Waals surface area contributed by atoms with Crippen molar-refractivity contribution in [3.8, 4) is 11.5 Å². The minimum absolute atomic E-state index is 0.252. The van der Waals surface area contributed by atoms with Gasteiger partial charge >= 0.3 is 0 Å². The molecule has 0 aromatic heterocycles. The van der Waals surface area contributed by atoms with E-state index in [0.717, 1.165) is 32.7 Å². The minimum Gasteiger partial charge on any atom is -0.493 e. The number of benzene rings is 2. The Morgan fingerprint density at radius 3 is 2.32 bits per heavy atom. The normalized spacial score (nSPS) is 14.4. The second-order valence-electron chi connectivity index (χ2n) is 6.58. The summed E-state index contributed by atoms with van der Waals surface area (Å²) in [5.74, 6) is 0.837. The first-order valence-electron chi connectivity index (χ1n) is 9.19. The maximum atomic E-state index is 12.5. The molecule has 0 atom stereocenters. The molecule has 148 valence electrons. The lowest BCUT2D eigenvalue weighted by molar-refractivity contribution is 0.0969. The van der Waals surface area contributed by atoms with E-state index in [1.54, 1.807) is 32.4 Å². The fourth-order valence-corrected chi connectivity index (χ4v) is 3.45. The van der Waals surface area contributed by atoms with Crippen LogP contribution in [0.4, 0.5) is 0 Å². The van der Waals surface area contributed by atoms with Gasteiger partial charge in [0.05, 0.1) is 14.2 Å². The highest BCUT2D eigenvalue weighted by Crippen LogP contribution is 2.27. The molecule has 0 unspecified atom stereocenters. The number of thiocarbonyl (C=S) groups is 1. The Hall–Kier alpha value is -2.64. The highest BCUT2D eigenvalue weighted by atomic mass is 32.1. The van der Waals surface area contributed by atoms with E-state index in [1.807, 2.05) is 11.0 Å². The summed E-state index contributed by atoms with van der Waals surface area (Å²) in [5.41, 5.74) is 1.78. The molecule has 0 aliphatic carbocycles. The monoisotopic (exact) mass is 399 g/mol. The number of hydrogen-bond acceptors (Lipinski definition) is 5. The van der Waals surface area contributed by atoms with Crippen LogP contribution in [-0.2, 0) is 6.54 Å². The van der Waals surface area contributed by atoms with E-state index < -0.39 is 0 Å². The van der Waals surface area contributed by atoms with Gasteiger partial charge in [-0.3, -0.25) is 15.0 Å². The fourth-order valence-electron chi connectivity index (χ4n) is 3.18. The van der Waals surface area contributed by atoms with Crippen molar-refractivity contribution in [3.63, 3.8) is 0 Å². The van der Waals surface area contributed by atoms with Crippen molar-refractivity contribution in [2.75, 3.05) is 40.4 Å². The van der Waals surface area contributed by atoms with Gasteiger partial charge in [0, 0.05) is 38.3 Å². The highest BCUT2D eigenvalue weighted by molar-refractivity contribution is 7.80. The summed E-state index contributed by atoms with van der Waals surface area (Å²) >= 11 is 5.45. The SMILES string of the molecule is COc1ccc(C(=O)NC(=S)N2CCN(Cc3ccccc3)CC2)cc1OC. The van der Waals surface area contributed by atoms with Crippen molar-refractivity contribution < 1.29 is 14.3 Å². The molecule has 1 aliphatic rings. The van der Waals surface area contributed by atoms with Crippen LogP contribution in [0.3, 0.4) is 0 Å². The number of methoxy groups -OCH3 is 2. The first-order chi connectivity index (χ1) is 13.6. The van der Waals surface area contributed by atoms with E-state index in [4.69, 9.17) is 21.7 Å². The average molecular weight is 400 g/mol. The molecule has 2 aromatic rings. The van der Waals surface area contributed by atoms with E-state index in [9.17, 15) is 4.79 Å². The van der Waals surface area contributed by atoms with Crippen molar-refractivity contribution in [2.45, 2.75) is 6.54 Å². The van der Waals surface area contributed by atoms with Crippen LogP contribution in [0.25, 0.3) is 0 Å². The molecule has 1 amide bonds. The molecule has 2 aromatic carbocycles. The van der Waals surface area contributed by atoms with Crippen LogP contribution in [0, 0.1) is 0 Å². The number of rotatable bonds is 5. The molecular weight excluding hydrogens is 374 g/mol. The largest absolute Gasteiger partial charge is 0.493 e. The molecule has 3 rings (SSSR count). The predicted molar refractivity (Wildman–Crippen MR) is 113 cm³/mol. The Labute approximate surface area is 171 Å². The second kappa shape index (κ2) is 9.52. The zero-order valence-corrected chi connectivity index (χ0v) is 17.0. The van der Waals surface area contributed by atoms with Crippen LogP contribution in [0.2, 0.25) is 0 Å². The van der Waals surface area contributed by atoms with Gasteiger partial charge in [-0.2, -0.15) is 0 Å². The van der Waals surface area contributed by atoms with Gasteiger partial charge in [0.15, 0.2) is 16.6 Å². The fraction of sp³-hybridized carbons (Fsp3) is 0.333. The first-order valence-corrected chi connectivity index (χ1v) is 9.60. The Morgan fingerprint density at radius 2 is 1.68 bits per heavy atom. The lowest BCUT2D eigenvalue weighted by Gasteiger charge is -2.36. The zero-order valence-electron chi connectivity index (χ0n) is 16.2. The number of carbonyl (C=O) groups is 1. The van der Waals surface area contributed by atoms with E-state index in [0.29, 0.717) is 22.2 Å². The Bertz CT molecular complexity index is 821. The zero-order chi connectivity index (χ0) is 19.9. The lowest BCUT2D eigenvalue weighted by atomic mass is 10.2. The van der Waals surface area contributed by atoms with Crippen LogP contribution < -0.4 is 14.8 Å². The molecule has 6 nitrogen and oxygen atoms in total. The van der Waals surface area contributed by atoms with Crippen molar-refractivity contribution in [1.29, 1.82) is 0 Å². The third kappa shape index (κ3) is 4.99. The molecule has 1 aliphatic heterocycles. The van der Waals surface area contributed by atoms with Crippen LogP contribution >= 0.6 is 12.2 Å². The Morgan fingerprint density at radius 1 is 1.00 bits per heavy atom. The number of piperazine rings is 1. The summed E-state index contributed by atoms with van der Waals surface area (Å²) in [6.45, 7) is 4.32. The predicted octanol–water partition coefficient (Wildman–Crippen LogP) is 2.54. The Balaban J connectivity index is 1.52. The van der Waals surface area contributed by atoms with Gasteiger partial charge in [0.25, 0.3) is 5.91 Å². The molecule has 1 fully saturated rings. The molecule has 1 saturated heterocycles. The summed E-state index contributed by atoms with van der Waals surface area (Å²) in [4.78, 5) is 17.0. The average Bonchev–Trinajstić information content (AvgIpc) is 2.74. The standard InChI is InChI=1S/C21H25N3O3S/c1-26-18-9-8-17(14-19(18)27-2)20(25)22-21(28)24-12-10-23(11-13-24)15-16-6-4-3-5-7-16/h3-9,14H,10-13,15H2,1-2H3,(H,22,25,28). The van der Waals surface area contributed by atoms with E-state index in [2.05, 4.69) is 34.5 Å². The van der Waals surface area contributed by atoms with Crippen LogP contribution in [-0.4, -0.2) is 61.2 Å². The molecule has 1 heterocycles. The van der Waals surface area contributed by atoms with Crippen molar-refractivity contribution >= 4 is 23.2 Å². The maximum absolute atomic E-state index is 12.5. The number of nitrogens with one attached hydrogen (secondary N) is 1. The molecule has 7 heteroatoms. The van der Waals surface area contributed by atoms with Crippen LogP contribution in [0.5, 0.6) is 11.5 Å². The second-order valence-corrected chi connectivity index (χ2v) is 6.96. The number of ether oxygens (including phenoxy) is 2. The molecular formula is C21H25N3O3S. The lowest BCUT2D eigenvalue weighted by Crippen LogP contribution is -2.52. The number of hydrogen-bond donors (Lipinski definition) is 1. The van der Waals surface area contributed by atoms with Gasteiger partial charge in [0.1, 0.15) is 0 Å². The van der Waals surface area contributed by atoms with Crippen molar-refractivity contribution in [1.82, 2.24) is 15.1 Å². The molecule has 0 spiro atoms. The summed E-state index contributed by atoms with van der Waals surface area (Å²) < 4.78 is 10.5. The maximum Gasteiger partial charge on any atom is 0.257 e. The van der Waals surface area contributed by atoms with Gasteiger partial charge in [-0.15, -0.1) is 0 Å². The number of carbonyl (C=O) groups excluding carboxylic acids is 1. The van der Waals surface area contributed by atoms with Gasteiger partial charge in [0.2, 0.25) is 0 Å². The number of amides is 1. The summed E-state index contributed by atoms with van der Waals surface area (Å²) in [6.07, 6.45) is 0. The minimum atomic E-state index is -0.252. The topological polar surface area (TPSA) is 54.0 Å². The van der Waals surface area contributed by atoms with Crippen molar-refractivity contribution in [3.05, 3.63) is 59.7 Å². The number of nitrogens with zero attached hydrogens (tertiary/aromatic N) is 2.